The molecule has 0 heterocycles. The zero-order valence-corrected chi connectivity index (χ0v) is 11.0. The number of ketones is 1. The lowest BCUT2D eigenvalue weighted by Gasteiger charge is -2.22. The number of carbonyl (C=O) groups excluding carboxylic acids is 1. The number of carbonyl (C=O) groups is 1. The molecule has 0 atom stereocenters. The Hall–Kier alpha value is -1.54. The average Bonchev–Trinajstić information content (AvgIpc) is 2.33. The molecule has 0 saturated heterocycles. The summed E-state index contributed by atoms with van der Waals surface area (Å²) < 4.78 is 62.7. The molecule has 3 nitrogen and oxygen atoms in total. The van der Waals surface area contributed by atoms with E-state index in [9.17, 15) is 26.7 Å². The smallest absolute Gasteiger partial charge is 0.395 e. The Morgan fingerprint density at radius 1 is 1.10 bits per heavy atom. The van der Waals surface area contributed by atoms with Gasteiger partial charge in [-0.25, -0.2) is 8.78 Å². The van der Waals surface area contributed by atoms with E-state index >= 15 is 0 Å². The molecule has 0 bridgehead atoms. The number of alkyl halides is 3. The first-order valence-corrected chi connectivity index (χ1v) is 6.10. The summed E-state index contributed by atoms with van der Waals surface area (Å²) >= 11 is 0. The minimum atomic E-state index is -4.46. The number of nitrogens with zero attached hydrogens (tertiary/aromatic N) is 1. The number of hydrogen-bond donors (Lipinski definition) is 1. The van der Waals surface area contributed by atoms with Crippen molar-refractivity contribution in [3.8, 4) is 0 Å². The molecular weight excluding hydrogens is 297 g/mol. The maximum atomic E-state index is 12.9. The van der Waals surface area contributed by atoms with Gasteiger partial charge in [0, 0.05) is 31.1 Å². The summed E-state index contributed by atoms with van der Waals surface area (Å²) in [7, 11) is 0. The van der Waals surface area contributed by atoms with E-state index in [1.54, 1.807) is 0 Å². The van der Waals surface area contributed by atoms with Gasteiger partial charge in [-0.05, 0) is 12.1 Å². The zero-order valence-electron chi connectivity index (χ0n) is 11.0. The van der Waals surface area contributed by atoms with Crippen molar-refractivity contribution in [2.45, 2.75) is 12.6 Å². The number of benzene rings is 1. The number of aliphatic hydroxyl groups excluding tert-OH is 1. The summed E-state index contributed by atoms with van der Waals surface area (Å²) in [6.07, 6.45) is -4.79. The molecule has 21 heavy (non-hydrogen) atoms. The van der Waals surface area contributed by atoms with E-state index < -0.39 is 36.7 Å². The normalized spacial score (nSPS) is 12.0. The Morgan fingerprint density at radius 2 is 1.67 bits per heavy atom. The van der Waals surface area contributed by atoms with Gasteiger partial charge in [0.15, 0.2) is 5.78 Å². The second kappa shape index (κ2) is 7.46. The molecule has 1 aromatic rings. The third kappa shape index (κ3) is 6.63. The van der Waals surface area contributed by atoms with Gasteiger partial charge >= 0.3 is 6.18 Å². The highest BCUT2D eigenvalue weighted by Gasteiger charge is 2.30. The number of Topliss-reactive ketones (excluding diaryl/α,β-unsaturated/α-hetero) is 1. The first-order valence-electron chi connectivity index (χ1n) is 6.10. The van der Waals surface area contributed by atoms with Crippen LogP contribution in [0.2, 0.25) is 0 Å². The van der Waals surface area contributed by atoms with E-state index in [-0.39, 0.29) is 25.1 Å². The lowest BCUT2D eigenvalue weighted by molar-refractivity contribution is -0.146. The third-order valence-electron chi connectivity index (χ3n) is 2.66. The molecule has 0 spiro atoms. The Morgan fingerprint density at radius 3 is 2.14 bits per heavy atom. The molecule has 0 aliphatic rings. The number of rotatable bonds is 7. The van der Waals surface area contributed by atoms with E-state index in [2.05, 4.69) is 0 Å². The summed E-state index contributed by atoms with van der Waals surface area (Å²) in [6, 6.07) is 2.25. The van der Waals surface area contributed by atoms with Crippen LogP contribution in [0.15, 0.2) is 18.2 Å². The van der Waals surface area contributed by atoms with Crippen LogP contribution in [0.4, 0.5) is 22.0 Å². The van der Waals surface area contributed by atoms with E-state index in [0.717, 1.165) is 17.0 Å². The second-order valence-corrected chi connectivity index (χ2v) is 4.45. The van der Waals surface area contributed by atoms with Crippen molar-refractivity contribution in [1.29, 1.82) is 0 Å². The number of halogens is 5. The van der Waals surface area contributed by atoms with Crippen LogP contribution < -0.4 is 0 Å². The fourth-order valence-corrected chi connectivity index (χ4v) is 1.78. The van der Waals surface area contributed by atoms with Crippen molar-refractivity contribution in [3.05, 3.63) is 35.4 Å². The van der Waals surface area contributed by atoms with Gasteiger partial charge in [0.25, 0.3) is 0 Å². The van der Waals surface area contributed by atoms with Crippen LogP contribution in [0.1, 0.15) is 16.8 Å². The van der Waals surface area contributed by atoms with Gasteiger partial charge in [0.1, 0.15) is 11.6 Å². The average molecular weight is 311 g/mol. The SMILES string of the molecule is O=C(CCN(CCO)CC(F)(F)F)c1cc(F)cc(F)c1. The summed E-state index contributed by atoms with van der Waals surface area (Å²) in [5, 5.41) is 8.70. The summed E-state index contributed by atoms with van der Waals surface area (Å²) in [5.74, 6) is -2.53. The Kier molecular flexibility index (Phi) is 6.22. The standard InChI is InChI=1S/C13H14F5NO2/c14-10-5-9(6-11(15)7-10)12(21)1-2-19(3-4-20)8-13(16,17)18/h5-7,20H,1-4,8H2. The van der Waals surface area contributed by atoms with Crippen LogP contribution in [0.5, 0.6) is 0 Å². The van der Waals surface area contributed by atoms with Gasteiger partial charge in [-0.2, -0.15) is 13.2 Å². The van der Waals surface area contributed by atoms with Crippen molar-refractivity contribution in [2.75, 3.05) is 26.2 Å². The molecule has 1 aromatic carbocycles. The van der Waals surface area contributed by atoms with Gasteiger partial charge in [0.05, 0.1) is 13.2 Å². The summed E-state index contributed by atoms with van der Waals surface area (Å²) in [4.78, 5) is 12.6. The van der Waals surface area contributed by atoms with Gasteiger partial charge in [-0.15, -0.1) is 0 Å². The molecule has 0 fully saturated rings. The highest BCUT2D eigenvalue weighted by molar-refractivity contribution is 5.96. The second-order valence-electron chi connectivity index (χ2n) is 4.45. The maximum absolute atomic E-state index is 12.9. The third-order valence-corrected chi connectivity index (χ3v) is 2.66. The number of aliphatic hydroxyl groups is 1. The predicted octanol–water partition coefficient (Wildman–Crippen LogP) is 2.39. The lowest BCUT2D eigenvalue weighted by Crippen LogP contribution is -2.37. The molecule has 0 aliphatic heterocycles. The van der Waals surface area contributed by atoms with Gasteiger partial charge in [-0.3, -0.25) is 9.69 Å². The molecule has 0 amide bonds. The minimum absolute atomic E-state index is 0.233. The van der Waals surface area contributed by atoms with Crippen LogP contribution in [0, 0.1) is 11.6 Å². The van der Waals surface area contributed by atoms with E-state index in [1.165, 1.54) is 0 Å². The molecule has 0 aliphatic carbocycles. The maximum Gasteiger partial charge on any atom is 0.401 e. The molecule has 0 unspecified atom stereocenters. The molecule has 0 saturated carbocycles. The fraction of sp³-hybridized carbons (Fsp3) is 0.462. The van der Waals surface area contributed by atoms with Crippen LogP contribution in [0.25, 0.3) is 0 Å². The molecule has 8 heteroatoms. The molecule has 118 valence electrons. The van der Waals surface area contributed by atoms with Crippen molar-refractivity contribution < 1.29 is 31.9 Å². The van der Waals surface area contributed by atoms with Crippen LogP contribution >= 0.6 is 0 Å². The van der Waals surface area contributed by atoms with E-state index in [4.69, 9.17) is 5.11 Å². The summed E-state index contributed by atoms with van der Waals surface area (Å²) in [6.45, 7) is -2.27. The van der Waals surface area contributed by atoms with Crippen LogP contribution in [-0.2, 0) is 0 Å². The fourth-order valence-electron chi connectivity index (χ4n) is 1.78. The molecule has 1 rings (SSSR count). The quantitative estimate of drug-likeness (QED) is 0.621. The Balaban J connectivity index is 2.64. The first kappa shape index (κ1) is 17.5. The molecule has 0 aromatic heterocycles. The first-order chi connectivity index (χ1) is 9.71. The molecular formula is C13H14F5NO2. The van der Waals surface area contributed by atoms with E-state index in [1.807, 2.05) is 0 Å². The van der Waals surface area contributed by atoms with Crippen LogP contribution in [0.3, 0.4) is 0 Å². The monoisotopic (exact) mass is 311 g/mol. The molecule has 1 N–H and O–H groups in total. The van der Waals surface area contributed by atoms with Crippen molar-refractivity contribution in [3.63, 3.8) is 0 Å². The van der Waals surface area contributed by atoms with Crippen molar-refractivity contribution in [2.24, 2.45) is 0 Å². The highest BCUT2D eigenvalue weighted by Crippen LogP contribution is 2.17. The Bertz CT molecular complexity index is 470. The largest absolute Gasteiger partial charge is 0.401 e. The minimum Gasteiger partial charge on any atom is -0.395 e. The zero-order chi connectivity index (χ0) is 16.0. The number of hydrogen-bond acceptors (Lipinski definition) is 3. The Labute approximate surface area is 118 Å². The molecule has 0 radical (unpaired) electrons. The van der Waals surface area contributed by atoms with Gasteiger partial charge < -0.3 is 5.11 Å². The van der Waals surface area contributed by atoms with Crippen LogP contribution in [-0.4, -0.2) is 48.2 Å². The van der Waals surface area contributed by atoms with E-state index in [0.29, 0.717) is 6.07 Å². The lowest BCUT2D eigenvalue weighted by atomic mass is 10.1. The van der Waals surface area contributed by atoms with Crippen molar-refractivity contribution >= 4 is 5.78 Å². The van der Waals surface area contributed by atoms with Crippen molar-refractivity contribution in [1.82, 2.24) is 4.90 Å². The van der Waals surface area contributed by atoms with Gasteiger partial charge in [-0.1, -0.05) is 0 Å². The predicted molar refractivity (Wildman–Crippen MR) is 64.9 cm³/mol. The van der Waals surface area contributed by atoms with Gasteiger partial charge in [0.2, 0.25) is 0 Å². The highest BCUT2D eigenvalue weighted by atomic mass is 19.4. The topological polar surface area (TPSA) is 40.5 Å². The summed E-state index contributed by atoms with van der Waals surface area (Å²) in [5.41, 5.74) is -0.233.